The van der Waals surface area contributed by atoms with Crippen LogP contribution in [0.25, 0.3) is 10.8 Å². The molecule has 6 heteroatoms. The van der Waals surface area contributed by atoms with Gasteiger partial charge in [-0.05, 0) is 13.0 Å². The molecule has 1 N–H and O–H groups in total. The van der Waals surface area contributed by atoms with Crippen LogP contribution in [-0.2, 0) is 14.3 Å². The predicted molar refractivity (Wildman–Crippen MR) is 83.5 cm³/mol. The van der Waals surface area contributed by atoms with Crippen molar-refractivity contribution in [1.82, 2.24) is 0 Å². The van der Waals surface area contributed by atoms with Crippen molar-refractivity contribution in [3.05, 3.63) is 40.9 Å². The number of nitrogens with zero attached hydrogens (tertiary/aromatic N) is 1. The van der Waals surface area contributed by atoms with Crippen LogP contribution in [0.3, 0.4) is 0 Å². The molecule has 0 radical (unpaired) electrons. The van der Waals surface area contributed by atoms with E-state index in [9.17, 15) is 9.90 Å². The summed E-state index contributed by atoms with van der Waals surface area (Å²) in [5, 5.41) is 12.3. The summed E-state index contributed by atoms with van der Waals surface area (Å²) in [6.07, 6.45) is -0.466. The van der Waals surface area contributed by atoms with E-state index in [1.54, 1.807) is 25.1 Å². The fourth-order valence-electron chi connectivity index (χ4n) is 2.48. The van der Waals surface area contributed by atoms with E-state index in [0.717, 1.165) is 5.39 Å². The van der Waals surface area contributed by atoms with Gasteiger partial charge in [-0.2, -0.15) is 0 Å². The number of hydrogen-bond acceptors (Lipinski definition) is 5. The van der Waals surface area contributed by atoms with Crippen molar-refractivity contribution in [2.45, 2.75) is 19.1 Å². The van der Waals surface area contributed by atoms with Crippen molar-refractivity contribution in [2.75, 3.05) is 7.11 Å². The van der Waals surface area contributed by atoms with Crippen LogP contribution in [0.5, 0.6) is 5.75 Å². The topological polar surface area (TPSA) is 68.1 Å². The fraction of sp³-hybridized carbons (Fsp3) is 0.250. The Morgan fingerprint density at radius 3 is 2.73 bits per heavy atom. The highest BCUT2D eigenvalue weighted by atomic mass is 35.5. The number of rotatable bonds is 2. The van der Waals surface area contributed by atoms with Gasteiger partial charge in [-0.3, -0.25) is 0 Å². The SMILES string of the molecule is COC(=O)[C@H]1N=C(c2cc(Cl)c3ccccc3c2O)O[C@H]1C. The Balaban J connectivity index is 2.12. The van der Waals surface area contributed by atoms with Gasteiger partial charge < -0.3 is 14.6 Å². The Morgan fingerprint density at radius 2 is 2.05 bits per heavy atom. The van der Waals surface area contributed by atoms with Crippen LogP contribution in [0.1, 0.15) is 12.5 Å². The van der Waals surface area contributed by atoms with E-state index in [2.05, 4.69) is 4.99 Å². The molecule has 0 bridgehead atoms. The molecular formula is C16H14ClNO4. The number of aliphatic imine (C=N–C) groups is 1. The molecule has 0 fully saturated rings. The van der Waals surface area contributed by atoms with Crippen molar-refractivity contribution >= 4 is 34.2 Å². The highest BCUT2D eigenvalue weighted by Gasteiger charge is 2.35. The zero-order valence-electron chi connectivity index (χ0n) is 12.0. The molecule has 0 saturated carbocycles. The average molecular weight is 320 g/mol. The zero-order valence-corrected chi connectivity index (χ0v) is 12.8. The van der Waals surface area contributed by atoms with Gasteiger partial charge in [-0.25, -0.2) is 9.79 Å². The van der Waals surface area contributed by atoms with Crippen molar-refractivity contribution in [2.24, 2.45) is 4.99 Å². The maximum absolute atomic E-state index is 11.7. The number of benzene rings is 2. The van der Waals surface area contributed by atoms with Gasteiger partial charge in [0.05, 0.1) is 12.7 Å². The summed E-state index contributed by atoms with van der Waals surface area (Å²) in [5.74, 6) is -0.265. The average Bonchev–Trinajstić information content (AvgIpc) is 2.92. The third-order valence-corrected chi connectivity index (χ3v) is 3.95. The number of halogens is 1. The third-order valence-electron chi connectivity index (χ3n) is 3.64. The molecule has 1 aliphatic rings. The minimum atomic E-state index is -0.746. The van der Waals surface area contributed by atoms with E-state index in [4.69, 9.17) is 21.1 Å². The summed E-state index contributed by atoms with van der Waals surface area (Å²) in [6.45, 7) is 1.72. The van der Waals surface area contributed by atoms with Gasteiger partial charge in [-0.15, -0.1) is 0 Å². The molecule has 1 aliphatic heterocycles. The first-order valence-corrected chi connectivity index (χ1v) is 7.13. The number of carbonyl (C=O) groups excluding carboxylic acids is 1. The number of phenolic OH excluding ortho intramolecular Hbond substituents is 1. The molecule has 1 heterocycles. The second-order valence-electron chi connectivity index (χ2n) is 5.03. The molecule has 22 heavy (non-hydrogen) atoms. The molecule has 2 aromatic rings. The molecule has 2 atom stereocenters. The number of methoxy groups -OCH3 is 1. The lowest BCUT2D eigenvalue weighted by atomic mass is 10.1. The maximum Gasteiger partial charge on any atom is 0.334 e. The predicted octanol–water partition coefficient (Wildman–Crippen LogP) is 2.91. The molecule has 0 aliphatic carbocycles. The van der Waals surface area contributed by atoms with Crippen LogP contribution in [0, 0.1) is 0 Å². The summed E-state index contributed by atoms with van der Waals surface area (Å²) < 4.78 is 10.3. The van der Waals surface area contributed by atoms with Gasteiger partial charge in [0.2, 0.25) is 5.90 Å². The summed E-state index contributed by atoms with van der Waals surface area (Å²) >= 11 is 6.26. The van der Waals surface area contributed by atoms with Crippen molar-refractivity contribution in [3.8, 4) is 5.75 Å². The normalized spacial score (nSPS) is 20.6. The molecule has 5 nitrogen and oxygen atoms in total. The summed E-state index contributed by atoms with van der Waals surface area (Å²) in [4.78, 5) is 15.9. The highest BCUT2D eigenvalue weighted by molar-refractivity contribution is 6.36. The van der Waals surface area contributed by atoms with E-state index < -0.39 is 18.1 Å². The minimum absolute atomic E-state index is 0.0245. The van der Waals surface area contributed by atoms with Crippen molar-refractivity contribution < 1.29 is 19.4 Å². The number of hydrogen-bond donors (Lipinski definition) is 1. The van der Waals surface area contributed by atoms with Crippen LogP contribution in [0.2, 0.25) is 5.02 Å². The first kappa shape index (κ1) is 14.7. The van der Waals surface area contributed by atoms with E-state index in [1.807, 2.05) is 12.1 Å². The summed E-state index contributed by atoms with van der Waals surface area (Å²) in [5.41, 5.74) is 0.363. The smallest absolute Gasteiger partial charge is 0.334 e. The molecule has 0 aromatic heterocycles. The lowest BCUT2D eigenvalue weighted by Crippen LogP contribution is -2.28. The van der Waals surface area contributed by atoms with Crippen LogP contribution in [-0.4, -0.2) is 36.2 Å². The molecule has 0 unspecified atom stereocenters. The lowest BCUT2D eigenvalue weighted by molar-refractivity contribution is -0.143. The standard InChI is InChI=1S/C16H14ClNO4/c1-8-13(16(20)21-2)18-15(22-8)11-7-12(17)9-5-3-4-6-10(9)14(11)19/h3-8,13,19H,1-2H3/t8-,13-/m0/s1. The Kier molecular flexibility index (Phi) is 3.66. The van der Waals surface area contributed by atoms with Gasteiger partial charge in [0.1, 0.15) is 11.9 Å². The zero-order chi connectivity index (χ0) is 15.9. The van der Waals surface area contributed by atoms with E-state index in [1.165, 1.54) is 7.11 Å². The monoisotopic (exact) mass is 319 g/mol. The molecule has 3 rings (SSSR count). The van der Waals surface area contributed by atoms with Crippen LogP contribution >= 0.6 is 11.6 Å². The molecule has 0 spiro atoms. The lowest BCUT2D eigenvalue weighted by Gasteiger charge is -2.12. The Morgan fingerprint density at radius 1 is 1.36 bits per heavy atom. The number of carbonyl (C=O) groups is 1. The van der Waals surface area contributed by atoms with Crippen molar-refractivity contribution in [1.29, 1.82) is 0 Å². The first-order chi connectivity index (χ1) is 10.5. The Bertz CT molecular complexity index is 787. The number of fused-ring (bicyclic) bond motifs is 1. The van der Waals surface area contributed by atoms with Gasteiger partial charge >= 0.3 is 5.97 Å². The van der Waals surface area contributed by atoms with Crippen molar-refractivity contribution in [3.63, 3.8) is 0 Å². The van der Waals surface area contributed by atoms with E-state index in [-0.39, 0.29) is 11.6 Å². The highest BCUT2D eigenvalue weighted by Crippen LogP contribution is 2.36. The Hall–Kier alpha value is -2.27. The number of esters is 1. The minimum Gasteiger partial charge on any atom is -0.506 e. The van der Waals surface area contributed by atoms with Crippen LogP contribution in [0.4, 0.5) is 0 Å². The van der Waals surface area contributed by atoms with Gasteiger partial charge in [0, 0.05) is 15.8 Å². The number of ether oxygens (including phenoxy) is 2. The largest absolute Gasteiger partial charge is 0.506 e. The van der Waals surface area contributed by atoms with Gasteiger partial charge in [-0.1, -0.05) is 35.9 Å². The molecule has 114 valence electrons. The number of phenols is 1. The molecular weight excluding hydrogens is 306 g/mol. The van der Waals surface area contributed by atoms with E-state index >= 15 is 0 Å². The molecule has 0 amide bonds. The van der Waals surface area contributed by atoms with Gasteiger partial charge in [0.25, 0.3) is 0 Å². The summed E-state index contributed by atoms with van der Waals surface area (Å²) in [7, 11) is 1.30. The van der Waals surface area contributed by atoms with Crippen LogP contribution in [0.15, 0.2) is 35.3 Å². The molecule has 0 saturated heterocycles. The fourth-order valence-corrected chi connectivity index (χ4v) is 2.75. The van der Waals surface area contributed by atoms with Crippen LogP contribution < -0.4 is 0 Å². The second kappa shape index (κ2) is 5.50. The third kappa shape index (κ3) is 2.27. The maximum atomic E-state index is 11.7. The first-order valence-electron chi connectivity index (χ1n) is 6.75. The Labute approximate surface area is 132 Å². The summed E-state index contributed by atoms with van der Waals surface area (Å²) in [6, 6.07) is 8.07. The van der Waals surface area contributed by atoms with E-state index in [0.29, 0.717) is 16.0 Å². The van der Waals surface area contributed by atoms with Gasteiger partial charge in [0.15, 0.2) is 6.04 Å². The quantitative estimate of drug-likeness (QED) is 0.864. The second-order valence-corrected chi connectivity index (χ2v) is 5.43. The molecule has 2 aromatic carbocycles. The number of aromatic hydroxyl groups is 1.